The zero-order chi connectivity index (χ0) is 8.85. The largest absolute Gasteiger partial charge is 0.316 e. The van der Waals surface area contributed by atoms with Crippen molar-refractivity contribution in [2.45, 2.75) is 32.4 Å². The predicted octanol–water partition coefficient (Wildman–Crippen LogP) is 1.04. The molecule has 3 N–H and O–H groups in total. The third kappa shape index (κ3) is 4.93. The fraction of sp³-hybridized carbons (Fsp3) is 0.875. The molecule has 0 saturated heterocycles. The Kier molecular flexibility index (Phi) is 5.07. The van der Waals surface area contributed by atoms with E-state index in [4.69, 9.17) is 11.1 Å². The third-order valence-corrected chi connectivity index (χ3v) is 1.83. The Morgan fingerprint density at radius 1 is 1.55 bits per heavy atom. The van der Waals surface area contributed by atoms with E-state index in [1.54, 1.807) is 0 Å². The van der Waals surface area contributed by atoms with Crippen LogP contribution in [0.25, 0.3) is 0 Å². The van der Waals surface area contributed by atoms with Crippen LogP contribution in [0.15, 0.2) is 0 Å². The van der Waals surface area contributed by atoms with E-state index in [9.17, 15) is 0 Å². The number of nitrogens with one attached hydrogen (secondary N) is 1. The maximum Gasteiger partial charge on any atom is 0.0570 e. The van der Waals surface area contributed by atoms with Gasteiger partial charge in [-0.2, -0.15) is 0 Å². The van der Waals surface area contributed by atoms with Crippen LogP contribution in [-0.4, -0.2) is 30.9 Å². The molecular weight excluding hydrogens is 138 g/mol. The second-order valence-electron chi connectivity index (χ2n) is 3.03. The van der Waals surface area contributed by atoms with Crippen molar-refractivity contribution in [2.24, 2.45) is 5.73 Å². The van der Waals surface area contributed by atoms with Crippen molar-refractivity contribution in [1.82, 2.24) is 4.90 Å². The summed E-state index contributed by atoms with van der Waals surface area (Å²) in [6.45, 7) is 2.00. The van der Waals surface area contributed by atoms with Crippen molar-refractivity contribution in [3.63, 3.8) is 0 Å². The Morgan fingerprint density at radius 3 is 2.45 bits per heavy atom. The minimum Gasteiger partial charge on any atom is -0.316 e. The standard InChI is InChI=1S/C8H19N3/c1-4-7(9)5-6-8(10)11(2)3/h8-9H,4-6,10H2,1-3H3. The highest BCUT2D eigenvalue weighted by Gasteiger charge is 2.04. The van der Waals surface area contributed by atoms with Crippen molar-refractivity contribution < 1.29 is 0 Å². The smallest absolute Gasteiger partial charge is 0.0570 e. The first-order valence-corrected chi connectivity index (χ1v) is 4.06. The molecule has 66 valence electrons. The van der Waals surface area contributed by atoms with Gasteiger partial charge in [-0.15, -0.1) is 0 Å². The molecule has 0 spiro atoms. The van der Waals surface area contributed by atoms with Crippen LogP contribution >= 0.6 is 0 Å². The summed E-state index contributed by atoms with van der Waals surface area (Å²) < 4.78 is 0. The number of nitrogens with two attached hydrogens (primary N) is 1. The van der Waals surface area contributed by atoms with E-state index < -0.39 is 0 Å². The fourth-order valence-electron chi connectivity index (χ4n) is 0.757. The molecule has 0 aliphatic carbocycles. The molecule has 0 heterocycles. The Morgan fingerprint density at radius 2 is 2.09 bits per heavy atom. The Hall–Kier alpha value is -0.410. The molecule has 0 bridgehead atoms. The van der Waals surface area contributed by atoms with Gasteiger partial charge in [-0.3, -0.25) is 4.90 Å². The van der Waals surface area contributed by atoms with Gasteiger partial charge in [0, 0.05) is 5.71 Å². The molecule has 3 nitrogen and oxygen atoms in total. The molecule has 0 saturated carbocycles. The molecule has 3 heteroatoms. The number of rotatable bonds is 5. The number of hydrogen-bond donors (Lipinski definition) is 2. The molecule has 0 aromatic heterocycles. The van der Waals surface area contributed by atoms with E-state index in [0.717, 1.165) is 25.0 Å². The lowest BCUT2D eigenvalue weighted by molar-refractivity contribution is 0.288. The third-order valence-electron chi connectivity index (χ3n) is 1.83. The molecule has 0 aromatic rings. The van der Waals surface area contributed by atoms with Crippen molar-refractivity contribution in [3.05, 3.63) is 0 Å². The topological polar surface area (TPSA) is 53.1 Å². The fourth-order valence-corrected chi connectivity index (χ4v) is 0.757. The molecule has 0 amide bonds. The van der Waals surface area contributed by atoms with Gasteiger partial charge < -0.3 is 11.1 Å². The van der Waals surface area contributed by atoms with Gasteiger partial charge in [0.15, 0.2) is 0 Å². The summed E-state index contributed by atoms with van der Waals surface area (Å²) in [4.78, 5) is 1.98. The highest BCUT2D eigenvalue weighted by molar-refractivity contribution is 5.80. The molecule has 0 fully saturated rings. The maximum atomic E-state index is 7.40. The van der Waals surface area contributed by atoms with E-state index in [1.165, 1.54) is 0 Å². The van der Waals surface area contributed by atoms with Gasteiger partial charge in [0.05, 0.1) is 6.17 Å². The normalized spacial score (nSPS) is 13.5. The van der Waals surface area contributed by atoms with Crippen LogP contribution in [0.5, 0.6) is 0 Å². The zero-order valence-electron chi connectivity index (χ0n) is 7.72. The quantitative estimate of drug-likeness (QED) is 0.463. The second-order valence-corrected chi connectivity index (χ2v) is 3.03. The van der Waals surface area contributed by atoms with E-state index >= 15 is 0 Å². The molecule has 1 atom stereocenters. The van der Waals surface area contributed by atoms with Crippen LogP contribution in [0.4, 0.5) is 0 Å². The van der Waals surface area contributed by atoms with Crippen molar-refractivity contribution in [1.29, 1.82) is 5.41 Å². The van der Waals surface area contributed by atoms with E-state index in [2.05, 4.69) is 0 Å². The zero-order valence-corrected chi connectivity index (χ0v) is 7.72. The molecule has 1 unspecified atom stereocenters. The lowest BCUT2D eigenvalue weighted by Gasteiger charge is -2.19. The second kappa shape index (κ2) is 5.27. The van der Waals surface area contributed by atoms with E-state index in [1.807, 2.05) is 25.9 Å². The molecule has 0 radical (unpaired) electrons. The molecule has 11 heavy (non-hydrogen) atoms. The summed E-state index contributed by atoms with van der Waals surface area (Å²) in [6, 6.07) is 0. The summed E-state index contributed by atoms with van der Waals surface area (Å²) in [5, 5.41) is 7.40. The summed E-state index contributed by atoms with van der Waals surface area (Å²) in [7, 11) is 3.92. The monoisotopic (exact) mass is 157 g/mol. The van der Waals surface area contributed by atoms with Gasteiger partial charge in [-0.05, 0) is 33.4 Å². The van der Waals surface area contributed by atoms with Gasteiger partial charge in [0.1, 0.15) is 0 Å². The van der Waals surface area contributed by atoms with E-state index in [0.29, 0.717) is 0 Å². The van der Waals surface area contributed by atoms with Crippen molar-refractivity contribution in [3.8, 4) is 0 Å². The minimum absolute atomic E-state index is 0.0990. The van der Waals surface area contributed by atoms with E-state index in [-0.39, 0.29) is 6.17 Å². The summed E-state index contributed by atoms with van der Waals surface area (Å²) >= 11 is 0. The molecule has 0 aliphatic heterocycles. The average Bonchev–Trinajstić information content (AvgIpc) is 1.99. The average molecular weight is 157 g/mol. The first-order valence-electron chi connectivity index (χ1n) is 4.06. The first-order chi connectivity index (χ1) is 5.07. The molecule has 0 aromatic carbocycles. The van der Waals surface area contributed by atoms with Gasteiger partial charge in [-0.1, -0.05) is 6.92 Å². The van der Waals surface area contributed by atoms with Crippen LogP contribution in [0, 0.1) is 5.41 Å². The molecule has 0 rings (SSSR count). The Balaban J connectivity index is 3.45. The first kappa shape index (κ1) is 10.6. The highest BCUT2D eigenvalue weighted by atomic mass is 15.2. The number of hydrogen-bond acceptors (Lipinski definition) is 3. The Bertz CT molecular complexity index is 121. The van der Waals surface area contributed by atoms with Gasteiger partial charge in [0.25, 0.3) is 0 Å². The Labute approximate surface area is 69.1 Å². The lowest BCUT2D eigenvalue weighted by atomic mass is 10.1. The van der Waals surface area contributed by atoms with Crippen molar-refractivity contribution in [2.75, 3.05) is 14.1 Å². The van der Waals surface area contributed by atoms with Crippen molar-refractivity contribution >= 4 is 5.71 Å². The van der Waals surface area contributed by atoms with Crippen LogP contribution < -0.4 is 5.73 Å². The van der Waals surface area contributed by atoms with Gasteiger partial charge in [-0.25, -0.2) is 0 Å². The van der Waals surface area contributed by atoms with Crippen LogP contribution in [0.1, 0.15) is 26.2 Å². The van der Waals surface area contributed by atoms with Crippen LogP contribution in [-0.2, 0) is 0 Å². The number of nitrogens with zero attached hydrogens (tertiary/aromatic N) is 1. The van der Waals surface area contributed by atoms with Crippen LogP contribution in [0.3, 0.4) is 0 Å². The molecular formula is C8H19N3. The molecule has 0 aliphatic rings. The minimum atomic E-state index is 0.0990. The lowest BCUT2D eigenvalue weighted by Crippen LogP contribution is -2.36. The van der Waals surface area contributed by atoms with Gasteiger partial charge in [0.2, 0.25) is 0 Å². The predicted molar refractivity (Wildman–Crippen MR) is 48.9 cm³/mol. The maximum absolute atomic E-state index is 7.40. The van der Waals surface area contributed by atoms with Gasteiger partial charge >= 0.3 is 0 Å². The summed E-state index contributed by atoms with van der Waals surface area (Å²) in [5.74, 6) is 0. The highest BCUT2D eigenvalue weighted by Crippen LogP contribution is 1.99. The van der Waals surface area contributed by atoms with Crippen LogP contribution in [0.2, 0.25) is 0 Å². The summed E-state index contributed by atoms with van der Waals surface area (Å²) in [6.07, 6.45) is 2.66. The SMILES string of the molecule is CCC(=N)CCC(N)N(C)C. The summed E-state index contributed by atoms with van der Waals surface area (Å²) in [5.41, 5.74) is 6.54.